The van der Waals surface area contributed by atoms with Crippen molar-refractivity contribution in [1.82, 2.24) is 0 Å². The lowest BCUT2D eigenvalue weighted by Gasteiger charge is -2.31. The standard InChI is InChI=1S/C13H24O4/c1-4-7-8-9-13(5-2,6-3)17-12(16)10-11(14)15/h4-10H2,1-3H3,(H,14,15). The molecule has 4 nitrogen and oxygen atoms in total. The van der Waals surface area contributed by atoms with E-state index >= 15 is 0 Å². The van der Waals surface area contributed by atoms with Crippen LogP contribution in [0.25, 0.3) is 0 Å². The number of carboxylic acid groups (broad SMARTS) is 1. The Balaban J connectivity index is 4.37. The summed E-state index contributed by atoms with van der Waals surface area (Å²) in [6, 6.07) is 0. The minimum Gasteiger partial charge on any atom is -0.481 e. The fourth-order valence-corrected chi connectivity index (χ4v) is 1.90. The van der Waals surface area contributed by atoms with Crippen molar-refractivity contribution >= 4 is 11.9 Å². The molecule has 0 aromatic heterocycles. The lowest BCUT2D eigenvalue weighted by molar-refractivity contribution is -0.165. The van der Waals surface area contributed by atoms with Crippen LogP contribution in [0.3, 0.4) is 0 Å². The summed E-state index contributed by atoms with van der Waals surface area (Å²) in [6.07, 6.45) is 4.98. The molecule has 0 saturated carbocycles. The molecule has 0 aliphatic heterocycles. The molecule has 0 unspecified atom stereocenters. The van der Waals surface area contributed by atoms with Gasteiger partial charge < -0.3 is 9.84 Å². The van der Waals surface area contributed by atoms with Gasteiger partial charge in [0, 0.05) is 0 Å². The molecule has 0 aromatic carbocycles. The normalized spacial score (nSPS) is 11.2. The van der Waals surface area contributed by atoms with E-state index in [-0.39, 0.29) is 0 Å². The van der Waals surface area contributed by atoms with Crippen LogP contribution in [-0.4, -0.2) is 22.6 Å². The molecule has 100 valence electrons. The van der Waals surface area contributed by atoms with Crippen LogP contribution in [0, 0.1) is 0 Å². The smallest absolute Gasteiger partial charge is 0.317 e. The van der Waals surface area contributed by atoms with Crippen molar-refractivity contribution in [3.63, 3.8) is 0 Å². The van der Waals surface area contributed by atoms with Crippen LogP contribution in [0.5, 0.6) is 0 Å². The largest absolute Gasteiger partial charge is 0.481 e. The highest BCUT2D eigenvalue weighted by Crippen LogP contribution is 2.28. The molecule has 0 atom stereocenters. The maximum atomic E-state index is 11.4. The summed E-state index contributed by atoms with van der Waals surface area (Å²) in [6.45, 7) is 6.07. The van der Waals surface area contributed by atoms with Crippen molar-refractivity contribution in [2.75, 3.05) is 0 Å². The van der Waals surface area contributed by atoms with Gasteiger partial charge in [-0.15, -0.1) is 0 Å². The highest BCUT2D eigenvalue weighted by Gasteiger charge is 2.30. The molecule has 0 bridgehead atoms. The van der Waals surface area contributed by atoms with Gasteiger partial charge in [0.15, 0.2) is 0 Å². The first-order chi connectivity index (χ1) is 7.99. The lowest BCUT2D eigenvalue weighted by atomic mass is 9.90. The molecule has 0 saturated heterocycles. The first kappa shape index (κ1) is 15.9. The summed E-state index contributed by atoms with van der Waals surface area (Å²) in [5.74, 6) is -1.76. The topological polar surface area (TPSA) is 63.6 Å². The van der Waals surface area contributed by atoms with Crippen molar-refractivity contribution in [2.24, 2.45) is 0 Å². The predicted molar refractivity (Wildman–Crippen MR) is 65.8 cm³/mol. The number of carboxylic acids is 1. The molecule has 0 fully saturated rings. The van der Waals surface area contributed by atoms with E-state index in [9.17, 15) is 9.59 Å². The SMILES string of the molecule is CCCCCC(CC)(CC)OC(=O)CC(=O)O. The van der Waals surface area contributed by atoms with E-state index in [1.807, 2.05) is 13.8 Å². The lowest BCUT2D eigenvalue weighted by Crippen LogP contribution is -2.34. The van der Waals surface area contributed by atoms with E-state index in [4.69, 9.17) is 9.84 Å². The molecule has 1 N–H and O–H groups in total. The summed E-state index contributed by atoms with van der Waals surface area (Å²) in [4.78, 5) is 21.8. The Morgan fingerprint density at radius 3 is 2.12 bits per heavy atom. The van der Waals surface area contributed by atoms with E-state index < -0.39 is 24.0 Å². The van der Waals surface area contributed by atoms with Crippen LogP contribution in [0.1, 0.15) is 65.7 Å². The van der Waals surface area contributed by atoms with E-state index in [0.29, 0.717) is 0 Å². The Kier molecular flexibility index (Phi) is 7.59. The second-order valence-corrected chi connectivity index (χ2v) is 4.39. The van der Waals surface area contributed by atoms with Gasteiger partial charge in [-0.05, 0) is 25.7 Å². The van der Waals surface area contributed by atoms with Gasteiger partial charge >= 0.3 is 11.9 Å². The first-order valence-corrected chi connectivity index (χ1v) is 6.43. The Morgan fingerprint density at radius 1 is 1.12 bits per heavy atom. The Morgan fingerprint density at radius 2 is 1.71 bits per heavy atom. The average molecular weight is 244 g/mol. The van der Waals surface area contributed by atoms with Crippen LogP contribution in [0.2, 0.25) is 0 Å². The van der Waals surface area contributed by atoms with Crippen molar-refractivity contribution in [3.05, 3.63) is 0 Å². The second-order valence-electron chi connectivity index (χ2n) is 4.39. The third-order valence-electron chi connectivity index (χ3n) is 3.15. The minimum atomic E-state index is -1.13. The van der Waals surface area contributed by atoms with Crippen molar-refractivity contribution in [2.45, 2.75) is 71.3 Å². The number of aliphatic carboxylic acids is 1. The second kappa shape index (κ2) is 8.09. The molecule has 17 heavy (non-hydrogen) atoms. The molecular weight excluding hydrogens is 220 g/mol. The number of hydrogen-bond acceptors (Lipinski definition) is 3. The quantitative estimate of drug-likeness (QED) is 0.384. The molecule has 0 aromatic rings. The van der Waals surface area contributed by atoms with Crippen LogP contribution in [0.15, 0.2) is 0 Å². The fourth-order valence-electron chi connectivity index (χ4n) is 1.90. The van der Waals surface area contributed by atoms with Gasteiger partial charge in [0.2, 0.25) is 0 Å². The number of esters is 1. The Hall–Kier alpha value is -1.06. The molecule has 4 heteroatoms. The van der Waals surface area contributed by atoms with Crippen LogP contribution in [0.4, 0.5) is 0 Å². The Labute approximate surface area is 103 Å². The maximum Gasteiger partial charge on any atom is 0.317 e. The van der Waals surface area contributed by atoms with E-state index in [1.165, 1.54) is 0 Å². The van der Waals surface area contributed by atoms with Crippen LogP contribution in [-0.2, 0) is 14.3 Å². The van der Waals surface area contributed by atoms with Gasteiger partial charge in [0.1, 0.15) is 12.0 Å². The number of hydrogen-bond donors (Lipinski definition) is 1. The number of ether oxygens (including phenoxy) is 1. The van der Waals surface area contributed by atoms with Crippen molar-refractivity contribution < 1.29 is 19.4 Å². The zero-order valence-electron chi connectivity index (χ0n) is 11.1. The molecule has 0 heterocycles. The zero-order chi connectivity index (χ0) is 13.3. The minimum absolute atomic E-state index is 0.471. The number of carbonyl (C=O) groups is 2. The fraction of sp³-hybridized carbons (Fsp3) is 0.846. The summed E-state index contributed by atoms with van der Waals surface area (Å²) in [7, 11) is 0. The summed E-state index contributed by atoms with van der Waals surface area (Å²) in [5, 5.41) is 8.54. The summed E-state index contributed by atoms with van der Waals surface area (Å²) >= 11 is 0. The zero-order valence-corrected chi connectivity index (χ0v) is 11.1. The van der Waals surface area contributed by atoms with Gasteiger partial charge in [-0.3, -0.25) is 9.59 Å². The van der Waals surface area contributed by atoms with Gasteiger partial charge in [0.25, 0.3) is 0 Å². The number of carbonyl (C=O) groups excluding carboxylic acids is 1. The van der Waals surface area contributed by atoms with E-state index in [0.717, 1.165) is 38.5 Å². The third-order valence-corrected chi connectivity index (χ3v) is 3.15. The van der Waals surface area contributed by atoms with Gasteiger partial charge in [0.05, 0.1) is 0 Å². The Bertz CT molecular complexity index is 244. The third kappa shape index (κ3) is 6.29. The molecule has 0 aliphatic rings. The molecule has 0 aliphatic carbocycles. The summed E-state index contributed by atoms with van der Waals surface area (Å²) < 4.78 is 5.37. The van der Waals surface area contributed by atoms with Gasteiger partial charge in [-0.2, -0.15) is 0 Å². The average Bonchev–Trinajstić information content (AvgIpc) is 2.27. The van der Waals surface area contributed by atoms with E-state index in [1.54, 1.807) is 0 Å². The van der Waals surface area contributed by atoms with Gasteiger partial charge in [-0.1, -0.05) is 33.6 Å². The number of rotatable bonds is 9. The molecule has 0 spiro atoms. The predicted octanol–water partition coefficient (Wildman–Crippen LogP) is 3.14. The summed E-state index contributed by atoms with van der Waals surface area (Å²) in [5.41, 5.74) is -0.471. The number of unbranched alkanes of at least 4 members (excludes halogenated alkanes) is 2. The maximum absolute atomic E-state index is 11.4. The highest BCUT2D eigenvalue weighted by atomic mass is 16.6. The van der Waals surface area contributed by atoms with E-state index in [2.05, 4.69) is 6.92 Å². The van der Waals surface area contributed by atoms with Crippen molar-refractivity contribution in [1.29, 1.82) is 0 Å². The molecule has 0 radical (unpaired) electrons. The van der Waals surface area contributed by atoms with Crippen LogP contribution < -0.4 is 0 Å². The highest BCUT2D eigenvalue weighted by molar-refractivity contribution is 5.90. The van der Waals surface area contributed by atoms with Crippen LogP contribution >= 0.6 is 0 Å². The first-order valence-electron chi connectivity index (χ1n) is 6.43. The molecule has 0 rings (SSSR count). The molecule has 0 amide bonds. The molecular formula is C13H24O4. The monoisotopic (exact) mass is 244 g/mol. The van der Waals surface area contributed by atoms with Gasteiger partial charge in [-0.25, -0.2) is 0 Å². The van der Waals surface area contributed by atoms with Crippen molar-refractivity contribution in [3.8, 4) is 0 Å².